The number of thiophene rings is 1. The Hall–Kier alpha value is -1.92. The van der Waals surface area contributed by atoms with Gasteiger partial charge >= 0.3 is 0 Å². The summed E-state index contributed by atoms with van der Waals surface area (Å²) in [4.78, 5) is 31.3. The number of thioether (sulfide) groups is 1. The van der Waals surface area contributed by atoms with Crippen LogP contribution in [0, 0.1) is 6.92 Å². The van der Waals surface area contributed by atoms with Crippen molar-refractivity contribution >= 4 is 39.1 Å². The molecule has 1 N–H and O–H groups in total. The van der Waals surface area contributed by atoms with Gasteiger partial charge in [0, 0.05) is 10.9 Å². The average molecular weight is 330 g/mol. The van der Waals surface area contributed by atoms with Crippen LogP contribution in [0.3, 0.4) is 0 Å². The Morgan fingerprint density at radius 2 is 2.05 bits per heavy atom. The summed E-state index contributed by atoms with van der Waals surface area (Å²) in [5, 5.41) is 3.06. The second kappa shape index (κ2) is 6.06. The van der Waals surface area contributed by atoms with Crippen LogP contribution < -0.4 is 5.56 Å². The highest BCUT2D eigenvalue weighted by Gasteiger charge is 2.13. The highest BCUT2D eigenvalue weighted by Crippen LogP contribution is 2.31. The molecule has 2 aromatic heterocycles. The number of nitrogens with zero attached hydrogens (tertiary/aromatic N) is 1. The molecule has 1 aromatic carbocycles. The fourth-order valence-electron chi connectivity index (χ4n) is 2.11. The molecule has 0 bridgehead atoms. The monoisotopic (exact) mass is 330 g/mol. The van der Waals surface area contributed by atoms with Crippen molar-refractivity contribution in [2.24, 2.45) is 0 Å². The molecule has 0 unspecified atom stereocenters. The number of hydrogen-bond acceptors (Lipinski definition) is 5. The molecule has 0 spiro atoms. The van der Waals surface area contributed by atoms with Gasteiger partial charge in [-0.25, -0.2) is 4.98 Å². The Balaban J connectivity index is 2.06. The first-order valence-electron chi connectivity index (χ1n) is 6.75. The standard InChI is InChI=1S/C16H14N2O2S2/c1-9-3-5-11(6-4-9)12-8-21-15-13(12)14(20)17-16(18-15)22-7-10(2)19/h3-6,8H,7H2,1-2H3,(H,17,18,20). The lowest BCUT2D eigenvalue weighted by molar-refractivity contribution is -0.114. The van der Waals surface area contributed by atoms with Gasteiger partial charge in [-0.1, -0.05) is 41.6 Å². The molecule has 0 fully saturated rings. The molecule has 3 aromatic rings. The molecule has 4 nitrogen and oxygen atoms in total. The van der Waals surface area contributed by atoms with E-state index < -0.39 is 0 Å². The number of aromatic nitrogens is 2. The lowest BCUT2D eigenvalue weighted by Crippen LogP contribution is -2.09. The van der Waals surface area contributed by atoms with E-state index in [1.54, 1.807) is 0 Å². The highest BCUT2D eigenvalue weighted by molar-refractivity contribution is 7.99. The van der Waals surface area contributed by atoms with Crippen LogP contribution in [0.4, 0.5) is 0 Å². The summed E-state index contributed by atoms with van der Waals surface area (Å²) >= 11 is 2.70. The maximum atomic E-state index is 12.4. The van der Waals surface area contributed by atoms with Gasteiger partial charge in [0.25, 0.3) is 5.56 Å². The Bertz CT molecular complexity index is 895. The molecule has 0 amide bonds. The van der Waals surface area contributed by atoms with E-state index >= 15 is 0 Å². The minimum absolute atomic E-state index is 0.0549. The van der Waals surface area contributed by atoms with Gasteiger partial charge in [-0.2, -0.15) is 0 Å². The fourth-order valence-corrected chi connectivity index (χ4v) is 3.78. The number of H-pyrrole nitrogens is 1. The summed E-state index contributed by atoms with van der Waals surface area (Å²) < 4.78 is 0. The zero-order chi connectivity index (χ0) is 15.7. The number of carbonyl (C=O) groups is 1. The molecule has 0 aliphatic rings. The molecular formula is C16H14N2O2S2. The first kappa shape index (κ1) is 15.0. The van der Waals surface area contributed by atoms with Crippen LogP contribution in [-0.4, -0.2) is 21.5 Å². The van der Waals surface area contributed by atoms with Gasteiger partial charge in [-0.05, 0) is 19.4 Å². The van der Waals surface area contributed by atoms with E-state index in [-0.39, 0.29) is 11.3 Å². The van der Waals surface area contributed by atoms with Gasteiger partial charge in [-0.15, -0.1) is 11.3 Å². The number of aryl methyl sites for hydroxylation is 1. The third kappa shape index (κ3) is 2.98. The number of fused-ring (bicyclic) bond motifs is 1. The van der Waals surface area contributed by atoms with Crippen molar-refractivity contribution < 1.29 is 4.79 Å². The Morgan fingerprint density at radius 3 is 2.73 bits per heavy atom. The number of Topliss-reactive ketones (excluding diaryl/α,β-unsaturated/α-hetero) is 1. The highest BCUT2D eigenvalue weighted by atomic mass is 32.2. The third-order valence-electron chi connectivity index (χ3n) is 3.20. The van der Waals surface area contributed by atoms with Crippen molar-refractivity contribution in [3.05, 3.63) is 45.6 Å². The van der Waals surface area contributed by atoms with Crippen LogP contribution in [-0.2, 0) is 4.79 Å². The third-order valence-corrected chi connectivity index (χ3v) is 5.09. The number of carbonyl (C=O) groups excluding carboxylic acids is 1. The zero-order valence-corrected chi connectivity index (χ0v) is 13.8. The molecule has 0 aliphatic carbocycles. The van der Waals surface area contributed by atoms with Crippen molar-refractivity contribution in [1.82, 2.24) is 9.97 Å². The fraction of sp³-hybridized carbons (Fsp3) is 0.188. The number of aromatic amines is 1. The molecule has 0 radical (unpaired) electrons. The van der Waals surface area contributed by atoms with Gasteiger partial charge in [0.1, 0.15) is 10.6 Å². The van der Waals surface area contributed by atoms with Crippen molar-refractivity contribution in [3.8, 4) is 11.1 Å². The van der Waals surface area contributed by atoms with Crippen molar-refractivity contribution in [3.63, 3.8) is 0 Å². The summed E-state index contributed by atoms with van der Waals surface area (Å²) in [6, 6.07) is 8.07. The van der Waals surface area contributed by atoms with E-state index in [0.717, 1.165) is 11.1 Å². The summed E-state index contributed by atoms with van der Waals surface area (Å²) in [6.07, 6.45) is 0. The van der Waals surface area contributed by atoms with E-state index in [0.29, 0.717) is 21.1 Å². The van der Waals surface area contributed by atoms with Gasteiger partial charge < -0.3 is 4.98 Å². The minimum Gasteiger partial charge on any atom is -0.301 e. The van der Waals surface area contributed by atoms with Crippen molar-refractivity contribution in [2.75, 3.05) is 5.75 Å². The Morgan fingerprint density at radius 1 is 1.32 bits per heavy atom. The van der Waals surface area contributed by atoms with Gasteiger partial charge in [0.15, 0.2) is 5.16 Å². The molecule has 112 valence electrons. The predicted octanol–water partition coefficient (Wildman–Crippen LogP) is 3.64. The molecule has 0 saturated heterocycles. The predicted molar refractivity (Wildman–Crippen MR) is 91.8 cm³/mol. The van der Waals surface area contributed by atoms with Gasteiger partial charge in [-0.3, -0.25) is 9.59 Å². The number of nitrogens with one attached hydrogen (secondary N) is 1. The average Bonchev–Trinajstić information content (AvgIpc) is 2.90. The van der Waals surface area contributed by atoms with Gasteiger partial charge in [0.2, 0.25) is 0 Å². The van der Waals surface area contributed by atoms with Crippen LogP contribution >= 0.6 is 23.1 Å². The number of benzene rings is 1. The SMILES string of the molecule is CC(=O)CSc1nc2scc(-c3ccc(C)cc3)c2c(=O)[nH]1. The quantitative estimate of drug-likeness (QED) is 0.586. The van der Waals surface area contributed by atoms with E-state index in [4.69, 9.17) is 0 Å². The number of hydrogen-bond donors (Lipinski definition) is 1. The first-order valence-corrected chi connectivity index (χ1v) is 8.62. The van der Waals surface area contributed by atoms with Crippen molar-refractivity contribution in [1.29, 1.82) is 0 Å². The van der Waals surface area contributed by atoms with Gasteiger partial charge in [0.05, 0.1) is 11.1 Å². The molecule has 6 heteroatoms. The largest absolute Gasteiger partial charge is 0.301 e. The summed E-state index contributed by atoms with van der Waals surface area (Å²) in [5.41, 5.74) is 2.93. The molecule has 0 atom stereocenters. The summed E-state index contributed by atoms with van der Waals surface area (Å²) in [6.45, 7) is 3.55. The van der Waals surface area contributed by atoms with Crippen molar-refractivity contribution in [2.45, 2.75) is 19.0 Å². The summed E-state index contributed by atoms with van der Waals surface area (Å²) in [5.74, 6) is 0.365. The molecule has 2 heterocycles. The zero-order valence-electron chi connectivity index (χ0n) is 12.2. The van der Waals surface area contributed by atoms with Crippen LogP contribution in [0.25, 0.3) is 21.3 Å². The van der Waals surface area contributed by atoms with Crippen LogP contribution in [0.1, 0.15) is 12.5 Å². The molecular weight excluding hydrogens is 316 g/mol. The van der Waals surface area contributed by atoms with E-state index in [9.17, 15) is 9.59 Å². The lowest BCUT2D eigenvalue weighted by atomic mass is 10.1. The molecule has 0 aliphatic heterocycles. The second-order valence-corrected chi connectivity index (χ2v) is 6.88. The smallest absolute Gasteiger partial charge is 0.260 e. The second-order valence-electron chi connectivity index (χ2n) is 5.06. The Labute approximate surface area is 135 Å². The van der Waals surface area contributed by atoms with Crippen LogP contribution in [0.5, 0.6) is 0 Å². The minimum atomic E-state index is -0.159. The van der Waals surface area contributed by atoms with E-state index in [1.165, 1.54) is 35.6 Å². The summed E-state index contributed by atoms with van der Waals surface area (Å²) in [7, 11) is 0. The van der Waals surface area contributed by atoms with Crippen LogP contribution in [0.15, 0.2) is 39.6 Å². The van der Waals surface area contributed by atoms with E-state index in [1.807, 2.05) is 36.6 Å². The molecule has 0 saturated carbocycles. The molecule has 3 rings (SSSR count). The number of rotatable bonds is 4. The lowest BCUT2D eigenvalue weighted by Gasteiger charge is -2.02. The number of ketones is 1. The van der Waals surface area contributed by atoms with E-state index in [2.05, 4.69) is 9.97 Å². The maximum Gasteiger partial charge on any atom is 0.260 e. The first-order chi connectivity index (χ1) is 10.5. The molecule has 22 heavy (non-hydrogen) atoms. The van der Waals surface area contributed by atoms with Crippen LogP contribution in [0.2, 0.25) is 0 Å². The normalized spacial score (nSPS) is 11.0. The maximum absolute atomic E-state index is 12.4. The topological polar surface area (TPSA) is 62.8 Å². The Kier molecular flexibility index (Phi) is 4.13.